The molecule has 0 radical (unpaired) electrons. The third-order valence-corrected chi connectivity index (χ3v) is 5.24. The van der Waals surface area contributed by atoms with Crippen LogP contribution in [0.5, 0.6) is 0 Å². The van der Waals surface area contributed by atoms with Crippen LogP contribution in [-0.4, -0.2) is 4.40 Å². The molecule has 0 spiro atoms. The van der Waals surface area contributed by atoms with Crippen molar-refractivity contribution in [3.8, 4) is 0 Å². The summed E-state index contributed by atoms with van der Waals surface area (Å²) in [6.07, 6.45) is 4.37. The summed E-state index contributed by atoms with van der Waals surface area (Å²) in [5.41, 5.74) is 1.28. The van der Waals surface area contributed by atoms with Crippen molar-refractivity contribution in [1.29, 1.82) is 0 Å². The van der Waals surface area contributed by atoms with Crippen molar-refractivity contribution in [3.63, 3.8) is 0 Å². The first-order valence-corrected chi connectivity index (χ1v) is 10.5. The average molecular weight is 364 g/mol. The van der Waals surface area contributed by atoms with Crippen LogP contribution in [0.15, 0.2) is 67.0 Å². The van der Waals surface area contributed by atoms with E-state index in [2.05, 4.69) is 71.4 Å². The highest BCUT2D eigenvalue weighted by molar-refractivity contribution is 7.26. The number of aromatic nitrogens is 1. The zero-order valence-electron chi connectivity index (χ0n) is 16.7. The van der Waals surface area contributed by atoms with Crippen molar-refractivity contribution in [3.05, 3.63) is 67.0 Å². The number of fused-ring (bicyclic) bond motifs is 7. The third kappa shape index (κ3) is 3.34. The van der Waals surface area contributed by atoms with Crippen LogP contribution in [0.2, 0.25) is 0 Å². The van der Waals surface area contributed by atoms with Gasteiger partial charge in [-0.2, -0.15) is 0 Å². The summed E-state index contributed by atoms with van der Waals surface area (Å²) in [5.74, 6) is 0. The Bertz CT molecular complexity index is 1010. The van der Waals surface area contributed by atoms with E-state index in [0.29, 0.717) is 0 Å². The van der Waals surface area contributed by atoms with Crippen LogP contribution in [-0.2, 0) is 0 Å². The van der Waals surface area contributed by atoms with E-state index >= 15 is 0 Å². The molecule has 0 amide bonds. The fourth-order valence-electron chi connectivity index (χ4n) is 3.10. The van der Waals surface area contributed by atoms with Gasteiger partial charge in [-0.3, -0.25) is 0 Å². The van der Waals surface area contributed by atoms with Gasteiger partial charge in [-0.25, -0.2) is 0 Å². The van der Waals surface area contributed by atoms with Crippen LogP contribution in [0.25, 0.3) is 36.5 Å². The highest BCUT2D eigenvalue weighted by Crippen LogP contribution is 2.39. The molecule has 1 nitrogen and oxygen atoms in total. The number of nitrogens with zero attached hydrogens (tertiary/aromatic N) is 1. The predicted molar refractivity (Wildman–Crippen MR) is 122 cm³/mol. The topological polar surface area (TPSA) is 4.41 Å². The normalized spacial score (nSPS) is 9.92. The minimum absolute atomic E-state index is 1.28. The number of rotatable bonds is 0. The Morgan fingerprint density at radius 1 is 0.615 bits per heavy atom. The van der Waals surface area contributed by atoms with Gasteiger partial charge in [0.2, 0.25) is 0 Å². The van der Waals surface area contributed by atoms with E-state index in [0.717, 1.165) is 0 Å². The molecule has 0 aliphatic rings. The molecule has 0 fully saturated rings. The second-order valence-electron chi connectivity index (χ2n) is 5.12. The molecule has 2 heteroatoms. The summed E-state index contributed by atoms with van der Waals surface area (Å²) in [5, 5.41) is 5.43. The molecule has 0 unspecified atom stereocenters. The van der Waals surface area contributed by atoms with Crippen molar-refractivity contribution >= 4 is 47.8 Å². The van der Waals surface area contributed by atoms with Crippen molar-refractivity contribution in [2.45, 2.75) is 41.5 Å². The molecule has 3 aromatic heterocycles. The molecule has 136 valence electrons. The lowest BCUT2D eigenvalue weighted by Gasteiger charge is -1.94. The maximum Gasteiger partial charge on any atom is 0.0529 e. The molecular weight excluding hydrogens is 334 g/mol. The number of thiophene rings is 1. The van der Waals surface area contributed by atoms with Gasteiger partial charge in [-0.05, 0) is 18.2 Å². The Morgan fingerprint density at radius 3 is 2.04 bits per heavy atom. The van der Waals surface area contributed by atoms with E-state index in [1.165, 1.54) is 36.5 Å². The lowest BCUT2D eigenvalue weighted by molar-refractivity contribution is 1.21. The molecule has 0 aliphatic heterocycles. The van der Waals surface area contributed by atoms with E-state index in [-0.39, 0.29) is 0 Å². The minimum Gasteiger partial charge on any atom is -0.323 e. The van der Waals surface area contributed by atoms with Crippen LogP contribution >= 0.6 is 11.3 Å². The second kappa shape index (κ2) is 9.40. The monoisotopic (exact) mass is 363 g/mol. The smallest absolute Gasteiger partial charge is 0.0529 e. The Labute approximate surface area is 160 Å². The second-order valence-corrected chi connectivity index (χ2v) is 6.18. The van der Waals surface area contributed by atoms with Gasteiger partial charge >= 0.3 is 0 Å². The molecule has 5 rings (SSSR count). The van der Waals surface area contributed by atoms with Crippen LogP contribution in [0.4, 0.5) is 0 Å². The largest absolute Gasteiger partial charge is 0.323 e. The van der Waals surface area contributed by atoms with E-state index in [1.54, 1.807) is 0 Å². The first-order chi connectivity index (χ1) is 12.9. The molecule has 26 heavy (non-hydrogen) atoms. The number of hydrogen-bond donors (Lipinski definition) is 0. The number of pyridine rings is 1. The third-order valence-electron chi connectivity index (χ3n) is 4.02. The molecule has 2 aromatic carbocycles. The first-order valence-electron chi connectivity index (χ1n) is 9.71. The maximum atomic E-state index is 2.27. The Hall–Kier alpha value is -2.32. The summed E-state index contributed by atoms with van der Waals surface area (Å²) in [6.45, 7) is 12.0. The summed E-state index contributed by atoms with van der Waals surface area (Å²) in [6, 6.07) is 19.5. The molecule has 0 aliphatic carbocycles. The van der Waals surface area contributed by atoms with Gasteiger partial charge in [-0.15, -0.1) is 11.3 Å². The van der Waals surface area contributed by atoms with Crippen molar-refractivity contribution in [2.75, 3.05) is 0 Å². The highest BCUT2D eigenvalue weighted by atomic mass is 32.1. The summed E-state index contributed by atoms with van der Waals surface area (Å²) < 4.78 is 4.98. The van der Waals surface area contributed by atoms with Crippen molar-refractivity contribution in [1.82, 2.24) is 4.40 Å². The molecular formula is C24H29NS. The fraction of sp³-hybridized carbons (Fsp3) is 0.250. The van der Waals surface area contributed by atoms with Gasteiger partial charge in [0.25, 0.3) is 0 Å². The number of benzene rings is 2. The van der Waals surface area contributed by atoms with Crippen LogP contribution in [0, 0.1) is 0 Å². The fourth-order valence-corrected chi connectivity index (χ4v) is 4.31. The van der Waals surface area contributed by atoms with E-state index < -0.39 is 0 Å². The minimum atomic E-state index is 1.28. The molecule has 0 N–H and O–H groups in total. The van der Waals surface area contributed by atoms with Crippen LogP contribution < -0.4 is 0 Å². The van der Waals surface area contributed by atoms with Crippen LogP contribution in [0.3, 0.4) is 0 Å². The standard InChI is InChI=1S/C18H11NS.3C2H6/c1-2-7-17-13(5-1)14-9-8-12-15(18(14)20-17)11-19-10-4-3-6-16(12)19;3*1-2/h1-11H;3*1-2H3. The molecule has 0 saturated carbocycles. The molecule has 0 bridgehead atoms. The van der Waals surface area contributed by atoms with E-state index in [4.69, 9.17) is 0 Å². The lowest BCUT2D eigenvalue weighted by atomic mass is 10.1. The van der Waals surface area contributed by atoms with Gasteiger partial charge in [0.05, 0.1) is 5.52 Å². The summed E-state index contributed by atoms with van der Waals surface area (Å²) >= 11 is 1.89. The molecule has 0 saturated heterocycles. The van der Waals surface area contributed by atoms with Crippen molar-refractivity contribution in [2.24, 2.45) is 0 Å². The molecule has 3 heterocycles. The lowest BCUT2D eigenvalue weighted by Crippen LogP contribution is -1.76. The Balaban J connectivity index is 0.000000371. The summed E-state index contributed by atoms with van der Waals surface area (Å²) in [4.78, 5) is 0. The SMILES string of the molecule is CC.CC.CC.c1ccc2c(c1)sc1c2ccc2c1cn1ccccc21. The maximum absolute atomic E-state index is 2.27. The van der Waals surface area contributed by atoms with Gasteiger partial charge in [-0.1, -0.05) is 77.9 Å². The Kier molecular flexibility index (Phi) is 7.23. The number of hydrogen-bond acceptors (Lipinski definition) is 1. The summed E-state index contributed by atoms with van der Waals surface area (Å²) in [7, 11) is 0. The average Bonchev–Trinajstić information content (AvgIpc) is 3.31. The molecule has 0 atom stereocenters. The predicted octanol–water partition coefficient (Wildman–Crippen LogP) is 8.54. The zero-order chi connectivity index (χ0) is 19.1. The quantitative estimate of drug-likeness (QED) is 0.259. The van der Waals surface area contributed by atoms with Gasteiger partial charge in [0.15, 0.2) is 0 Å². The Morgan fingerprint density at radius 2 is 1.27 bits per heavy atom. The van der Waals surface area contributed by atoms with Crippen molar-refractivity contribution < 1.29 is 0 Å². The van der Waals surface area contributed by atoms with Gasteiger partial charge < -0.3 is 4.40 Å². The van der Waals surface area contributed by atoms with Gasteiger partial charge in [0, 0.05) is 43.3 Å². The van der Waals surface area contributed by atoms with Crippen LogP contribution in [0.1, 0.15) is 41.5 Å². The van der Waals surface area contributed by atoms with E-state index in [9.17, 15) is 0 Å². The highest BCUT2D eigenvalue weighted by Gasteiger charge is 2.10. The van der Waals surface area contributed by atoms with E-state index in [1.807, 2.05) is 52.9 Å². The zero-order valence-corrected chi connectivity index (χ0v) is 17.5. The van der Waals surface area contributed by atoms with Gasteiger partial charge in [0.1, 0.15) is 0 Å². The first kappa shape index (κ1) is 20.0. The molecule has 5 aromatic rings.